The van der Waals surface area contributed by atoms with Gasteiger partial charge >= 0.3 is 5.97 Å². The van der Waals surface area contributed by atoms with Gasteiger partial charge in [0.05, 0.1) is 5.52 Å². The maximum absolute atomic E-state index is 10.7. The lowest BCUT2D eigenvalue weighted by Gasteiger charge is -2.11. The molecule has 2 aromatic rings. The van der Waals surface area contributed by atoms with Gasteiger partial charge in [0.25, 0.3) is 0 Å². The van der Waals surface area contributed by atoms with Gasteiger partial charge in [-0.2, -0.15) is 0 Å². The fourth-order valence-electron chi connectivity index (χ4n) is 1.39. The summed E-state index contributed by atoms with van der Waals surface area (Å²) < 4.78 is 0. The van der Waals surface area contributed by atoms with Crippen molar-refractivity contribution in [3.63, 3.8) is 0 Å². The Labute approximate surface area is 104 Å². The van der Waals surface area contributed by atoms with Crippen molar-refractivity contribution in [3.8, 4) is 0 Å². The molecule has 5 nitrogen and oxygen atoms in total. The minimum absolute atomic E-state index is 0. The number of fused-ring (bicyclic) bond motifs is 1. The number of aliphatic carboxylic acids is 1. The van der Waals surface area contributed by atoms with Crippen LogP contribution in [-0.4, -0.2) is 27.1 Å². The molecule has 0 bridgehead atoms. The lowest BCUT2D eigenvalue weighted by atomic mass is 10.2. The second-order valence-electron chi connectivity index (χ2n) is 3.44. The summed E-state index contributed by atoms with van der Waals surface area (Å²) >= 11 is 0. The molecule has 2 N–H and O–H groups in total. The van der Waals surface area contributed by atoms with Crippen LogP contribution in [0.5, 0.6) is 0 Å². The molecule has 2 rings (SSSR count). The Morgan fingerprint density at radius 3 is 2.76 bits per heavy atom. The van der Waals surface area contributed by atoms with Crippen LogP contribution in [0.1, 0.15) is 6.92 Å². The van der Waals surface area contributed by atoms with Crippen molar-refractivity contribution in [2.45, 2.75) is 13.0 Å². The SMILES string of the molecule is C[C@H](Nc1ncnc2ccccc12)C(=O)O.Cl. The van der Waals surface area contributed by atoms with Crippen LogP contribution in [0.15, 0.2) is 30.6 Å². The molecular weight excluding hydrogens is 242 g/mol. The summed E-state index contributed by atoms with van der Waals surface area (Å²) in [6.07, 6.45) is 1.42. The minimum atomic E-state index is -0.914. The molecule has 0 aliphatic heterocycles. The van der Waals surface area contributed by atoms with E-state index in [9.17, 15) is 4.79 Å². The summed E-state index contributed by atoms with van der Waals surface area (Å²) in [7, 11) is 0. The second-order valence-corrected chi connectivity index (χ2v) is 3.44. The molecular formula is C11H12ClN3O2. The lowest BCUT2D eigenvalue weighted by molar-refractivity contribution is -0.137. The van der Waals surface area contributed by atoms with Gasteiger partial charge in [-0.05, 0) is 19.1 Å². The fraction of sp³-hybridized carbons (Fsp3) is 0.182. The van der Waals surface area contributed by atoms with Crippen LogP contribution in [0, 0.1) is 0 Å². The van der Waals surface area contributed by atoms with E-state index in [2.05, 4.69) is 15.3 Å². The Balaban J connectivity index is 0.00000144. The van der Waals surface area contributed by atoms with Crippen LogP contribution in [0.25, 0.3) is 10.9 Å². The molecule has 0 saturated carbocycles. The predicted molar refractivity (Wildman–Crippen MR) is 67.5 cm³/mol. The van der Waals surface area contributed by atoms with E-state index < -0.39 is 12.0 Å². The Morgan fingerprint density at radius 1 is 1.35 bits per heavy atom. The molecule has 1 atom stereocenters. The number of nitrogens with zero attached hydrogens (tertiary/aromatic N) is 2. The van der Waals surface area contributed by atoms with Gasteiger partial charge in [-0.1, -0.05) is 12.1 Å². The molecule has 1 aromatic carbocycles. The highest BCUT2D eigenvalue weighted by Gasteiger charge is 2.12. The Bertz CT molecular complexity index is 528. The van der Waals surface area contributed by atoms with E-state index in [1.807, 2.05) is 24.3 Å². The monoisotopic (exact) mass is 253 g/mol. The van der Waals surface area contributed by atoms with Crippen LogP contribution < -0.4 is 5.32 Å². The van der Waals surface area contributed by atoms with Crippen molar-refractivity contribution < 1.29 is 9.90 Å². The third-order valence-corrected chi connectivity index (χ3v) is 2.27. The molecule has 0 radical (unpaired) electrons. The first-order valence-electron chi connectivity index (χ1n) is 4.87. The highest BCUT2D eigenvalue weighted by Crippen LogP contribution is 2.18. The third kappa shape index (κ3) is 2.82. The van der Waals surface area contributed by atoms with Crippen molar-refractivity contribution in [3.05, 3.63) is 30.6 Å². The number of carbonyl (C=O) groups is 1. The van der Waals surface area contributed by atoms with Crippen molar-refractivity contribution in [1.82, 2.24) is 9.97 Å². The number of nitrogens with one attached hydrogen (secondary N) is 1. The highest BCUT2D eigenvalue weighted by atomic mass is 35.5. The molecule has 0 aliphatic carbocycles. The maximum atomic E-state index is 10.7. The number of para-hydroxylation sites is 1. The number of aromatic nitrogens is 2. The van der Waals surface area contributed by atoms with E-state index in [0.29, 0.717) is 5.82 Å². The van der Waals surface area contributed by atoms with Crippen molar-refractivity contribution in [1.29, 1.82) is 0 Å². The summed E-state index contributed by atoms with van der Waals surface area (Å²) in [5.41, 5.74) is 0.789. The van der Waals surface area contributed by atoms with E-state index in [1.54, 1.807) is 6.92 Å². The van der Waals surface area contributed by atoms with Gasteiger partial charge in [-0.25, -0.2) is 9.97 Å². The van der Waals surface area contributed by atoms with E-state index in [1.165, 1.54) is 6.33 Å². The standard InChI is InChI=1S/C11H11N3O2.ClH/c1-7(11(15)16)14-10-8-4-2-3-5-9(8)12-6-13-10;/h2-7H,1H3,(H,15,16)(H,12,13,14);1H/t7-;/m0./s1. The number of halogens is 1. The van der Waals surface area contributed by atoms with Gasteiger partial charge in [-0.3, -0.25) is 4.79 Å². The molecule has 6 heteroatoms. The van der Waals surface area contributed by atoms with Crippen LogP contribution in [0.2, 0.25) is 0 Å². The second kappa shape index (κ2) is 5.45. The van der Waals surface area contributed by atoms with Crippen LogP contribution >= 0.6 is 12.4 Å². The fourth-order valence-corrected chi connectivity index (χ4v) is 1.39. The zero-order chi connectivity index (χ0) is 11.5. The third-order valence-electron chi connectivity index (χ3n) is 2.27. The summed E-state index contributed by atoms with van der Waals surface area (Å²) in [6.45, 7) is 1.57. The first-order valence-corrected chi connectivity index (χ1v) is 4.87. The molecule has 1 heterocycles. The average Bonchev–Trinajstić information content (AvgIpc) is 2.29. The van der Waals surface area contributed by atoms with Gasteiger partial charge in [0, 0.05) is 5.39 Å². The van der Waals surface area contributed by atoms with Crippen LogP contribution in [-0.2, 0) is 4.79 Å². The summed E-state index contributed by atoms with van der Waals surface area (Å²) in [4.78, 5) is 18.9. The molecule has 0 saturated heterocycles. The number of anilines is 1. The van der Waals surface area contributed by atoms with Crippen molar-refractivity contribution in [2.75, 3.05) is 5.32 Å². The zero-order valence-corrected chi connectivity index (χ0v) is 9.94. The van der Waals surface area contributed by atoms with Crippen LogP contribution in [0.3, 0.4) is 0 Å². The molecule has 0 amide bonds. The predicted octanol–water partition coefficient (Wildman–Crippen LogP) is 1.94. The lowest BCUT2D eigenvalue weighted by Crippen LogP contribution is -2.26. The molecule has 17 heavy (non-hydrogen) atoms. The van der Waals surface area contributed by atoms with E-state index in [4.69, 9.17) is 5.11 Å². The summed E-state index contributed by atoms with van der Waals surface area (Å²) in [5.74, 6) is -0.372. The topological polar surface area (TPSA) is 75.1 Å². The van der Waals surface area contributed by atoms with E-state index >= 15 is 0 Å². The molecule has 0 fully saturated rings. The van der Waals surface area contributed by atoms with Gasteiger partial charge in [-0.15, -0.1) is 12.4 Å². The number of hydrogen-bond acceptors (Lipinski definition) is 4. The average molecular weight is 254 g/mol. The number of carboxylic acid groups (broad SMARTS) is 1. The maximum Gasteiger partial charge on any atom is 0.325 e. The van der Waals surface area contributed by atoms with Gasteiger partial charge < -0.3 is 10.4 Å². The first kappa shape index (κ1) is 13.2. The summed E-state index contributed by atoms with van der Waals surface area (Å²) in [6, 6.07) is 6.76. The Morgan fingerprint density at radius 2 is 2.06 bits per heavy atom. The molecule has 1 aromatic heterocycles. The minimum Gasteiger partial charge on any atom is -0.480 e. The van der Waals surface area contributed by atoms with Gasteiger partial charge in [0.15, 0.2) is 0 Å². The molecule has 0 aliphatic rings. The van der Waals surface area contributed by atoms with E-state index in [-0.39, 0.29) is 12.4 Å². The van der Waals surface area contributed by atoms with Gasteiger partial charge in [0.2, 0.25) is 0 Å². The number of benzene rings is 1. The smallest absolute Gasteiger partial charge is 0.325 e. The quantitative estimate of drug-likeness (QED) is 0.874. The summed E-state index contributed by atoms with van der Waals surface area (Å²) in [5, 5.41) is 12.5. The molecule has 0 unspecified atom stereocenters. The Hall–Kier alpha value is -1.88. The van der Waals surface area contributed by atoms with Crippen molar-refractivity contribution in [2.24, 2.45) is 0 Å². The van der Waals surface area contributed by atoms with Crippen molar-refractivity contribution >= 4 is 35.1 Å². The van der Waals surface area contributed by atoms with E-state index in [0.717, 1.165) is 10.9 Å². The molecule has 90 valence electrons. The van der Waals surface area contributed by atoms with Crippen LogP contribution in [0.4, 0.5) is 5.82 Å². The zero-order valence-electron chi connectivity index (χ0n) is 9.12. The highest BCUT2D eigenvalue weighted by molar-refractivity contribution is 5.90. The normalized spacial score (nSPS) is 11.6. The number of rotatable bonds is 3. The largest absolute Gasteiger partial charge is 0.480 e. The molecule has 0 spiro atoms. The Kier molecular flexibility index (Phi) is 4.23. The van der Waals surface area contributed by atoms with Gasteiger partial charge in [0.1, 0.15) is 18.2 Å². The first-order chi connectivity index (χ1) is 7.68. The number of hydrogen-bond donors (Lipinski definition) is 2. The number of carboxylic acids is 1.